The maximum absolute atomic E-state index is 13.2. The fourth-order valence-corrected chi connectivity index (χ4v) is 3.41. The summed E-state index contributed by atoms with van der Waals surface area (Å²) in [5.41, 5.74) is 6.57. The number of ketones is 1. The van der Waals surface area contributed by atoms with Crippen molar-refractivity contribution in [3.05, 3.63) is 89.4 Å². The first-order valence-electron chi connectivity index (χ1n) is 11.0. The third-order valence-corrected chi connectivity index (χ3v) is 5.06. The Hall–Kier alpha value is -3.08. The molecule has 0 saturated carbocycles. The first kappa shape index (κ1) is 28.2. The minimum atomic E-state index is -0.264. The molecular formula is C29H29FIrNO3-. The van der Waals surface area contributed by atoms with E-state index in [1.54, 1.807) is 12.1 Å². The molecule has 0 aliphatic rings. The van der Waals surface area contributed by atoms with Gasteiger partial charge in [-0.1, -0.05) is 33.8 Å². The zero-order chi connectivity index (χ0) is 25.0. The molecule has 4 aromatic rings. The fraction of sp³-hybridized carbons (Fsp3) is 0.241. The third-order valence-electron chi connectivity index (χ3n) is 5.06. The van der Waals surface area contributed by atoms with E-state index >= 15 is 0 Å². The van der Waals surface area contributed by atoms with Crippen LogP contribution in [0.2, 0.25) is 0 Å². The van der Waals surface area contributed by atoms with Gasteiger partial charge in [0.1, 0.15) is 11.6 Å². The molecule has 185 valence electrons. The van der Waals surface area contributed by atoms with Gasteiger partial charge in [-0.2, -0.15) is 0 Å². The molecular weight excluding hydrogens is 622 g/mol. The summed E-state index contributed by atoms with van der Waals surface area (Å²) in [7, 11) is 0. The van der Waals surface area contributed by atoms with Crippen molar-refractivity contribution in [2.75, 3.05) is 0 Å². The summed E-state index contributed by atoms with van der Waals surface area (Å²) in [5, 5.41) is 8.36. The standard InChI is InChI=1S/C24H21FNO.C5H8O2.Ir/c1-15-11-17(13-18(12-15)24(2,3)4)20-9-10-22-21(26-20)14-23(27-22)16-5-7-19(25)8-6-16;1-4(6)3-5(2)7;/h5-10,12-14H,1-4H3;3,6H,1-2H3;/q-1;;/b;4-3-;. The second-order valence-corrected chi connectivity index (χ2v) is 9.31. The molecule has 1 radical (unpaired) electrons. The van der Waals surface area contributed by atoms with Crippen LogP contribution in [0.4, 0.5) is 4.39 Å². The Morgan fingerprint density at radius 2 is 1.71 bits per heavy atom. The van der Waals surface area contributed by atoms with Crippen molar-refractivity contribution in [3.8, 4) is 22.6 Å². The molecule has 4 nitrogen and oxygen atoms in total. The summed E-state index contributed by atoms with van der Waals surface area (Å²) in [6.45, 7) is 11.5. The Labute approximate surface area is 219 Å². The minimum absolute atomic E-state index is 0. The van der Waals surface area contributed by atoms with Crippen LogP contribution in [-0.2, 0) is 30.3 Å². The monoisotopic (exact) mass is 651 g/mol. The van der Waals surface area contributed by atoms with E-state index in [-0.39, 0.29) is 42.9 Å². The second-order valence-electron chi connectivity index (χ2n) is 9.31. The number of allylic oxidation sites excluding steroid dienone is 2. The number of aliphatic hydroxyl groups is 1. The molecule has 1 N–H and O–H groups in total. The van der Waals surface area contributed by atoms with Crippen molar-refractivity contribution in [3.63, 3.8) is 0 Å². The number of aromatic nitrogens is 1. The quantitative estimate of drug-likeness (QED) is 0.140. The van der Waals surface area contributed by atoms with Gasteiger partial charge in [-0.15, -0.1) is 34.9 Å². The second kappa shape index (κ2) is 11.6. The van der Waals surface area contributed by atoms with Gasteiger partial charge in [-0.25, -0.2) is 4.39 Å². The van der Waals surface area contributed by atoms with Crippen molar-refractivity contribution in [1.82, 2.24) is 4.98 Å². The molecule has 0 unspecified atom stereocenters. The first-order valence-corrected chi connectivity index (χ1v) is 11.0. The summed E-state index contributed by atoms with van der Waals surface area (Å²) in [4.78, 5) is 14.8. The number of nitrogens with zero attached hydrogens (tertiary/aromatic N) is 1. The number of carbonyl (C=O) groups excluding carboxylic acids is 1. The van der Waals surface area contributed by atoms with E-state index in [4.69, 9.17) is 14.5 Å². The van der Waals surface area contributed by atoms with Gasteiger partial charge in [0.05, 0.1) is 11.3 Å². The maximum Gasteiger partial charge on any atom is 0.155 e. The van der Waals surface area contributed by atoms with Crippen LogP contribution < -0.4 is 0 Å². The van der Waals surface area contributed by atoms with Crippen molar-refractivity contribution in [1.29, 1.82) is 0 Å². The molecule has 4 rings (SSSR count). The summed E-state index contributed by atoms with van der Waals surface area (Å²) in [5.74, 6) is 0.352. The number of aliphatic hydroxyl groups excluding tert-OH is 1. The van der Waals surface area contributed by atoms with Crippen molar-refractivity contribution < 1.29 is 38.8 Å². The van der Waals surface area contributed by atoms with Gasteiger partial charge in [-0.05, 0) is 55.3 Å². The summed E-state index contributed by atoms with van der Waals surface area (Å²) < 4.78 is 19.0. The van der Waals surface area contributed by atoms with E-state index in [1.165, 1.54) is 37.6 Å². The molecule has 35 heavy (non-hydrogen) atoms. The molecule has 0 spiro atoms. The Bertz CT molecular complexity index is 1340. The molecule has 6 heteroatoms. The van der Waals surface area contributed by atoms with Gasteiger partial charge in [-0.3, -0.25) is 9.78 Å². The van der Waals surface area contributed by atoms with Crippen LogP contribution in [0.1, 0.15) is 45.7 Å². The largest absolute Gasteiger partial charge is 0.512 e. The van der Waals surface area contributed by atoms with Gasteiger partial charge in [0.15, 0.2) is 11.4 Å². The third kappa shape index (κ3) is 7.71. The Balaban J connectivity index is 0.000000476. The van der Waals surface area contributed by atoms with Crippen LogP contribution in [-0.4, -0.2) is 15.9 Å². The number of furan rings is 1. The summed E-state index contributed by atoms with van der Waals surface area (Å²) >= 11 is 0. The number of pyridine rings is 1. The topological polar surface area (TPSA) is 63.3 Å². The SMILES string of the molecule is CC(=O)/C=C(/C)O.Cc1[c-]c(-c2ccc3oc(-c4ccc(F)cc4)cc3n2)cc(C(C)(C)C)c1.[Ir]. The van der Waals surface area contributed by atoms with Gasteiger partial charge >= 0.3 is 0 Å². The number of halogens is 1. The number of fused-ring (bicyclic) bond motifs is 1. The van der Waals surface area contributed by atoms with Crippen molar-refractivity contribution in [2.45, 2.75) is 47.0 Å². The molecule has 0 fully saturated rings. The van der Waals surface area contributed by atoms with E-state index in [0.717, 1.165) is 27.9 Å². The summed E-state index contributed by atoms with van der Waals surface area (Å²) in [6, 6.07) is 19.8. The van der Waals surface area contributed by atoms with Crippen LogP contribution in [0.3, 0.4) is 0 Å². The van der Waals surface area contributed by atoms with Gasteiger partial charge in [0.2, 0.25) is 0 Å². The average molecular weight is 651 g/mol. The fourth-order valence-electron chi connectivity index (χ4n) is 3.41. The predicted octanol–water partition coefficient (Wildman–Crippen LogP) is 7.74. The number of hydrogen-bond acceptors (Lipinski definition) is 4. The predicted molar refractivity (Wildman–Crippen MR) is 134 cm³/mol. The van der Waals surface area contributed by atoms with E-state index in [2.05, 4.69) is 45.9 Å². The zero-order valence-corrected chi connectivity index (χ0v) is 23.1. The first-order chi connectivity index (χ1) is 15.9. The van der Waals surface area contributed by atoms with Crippen LogP contribution in [0.25, 0.3) is 33.7 Å². The number of hydrogen-bond donors (Lipinski definition) is 1. The Morgan fingerprint density at radius 3 is 2.26 bits per heavy atom. The van der Waals surface area contributed by atoms with Crippen molar-refractivity contribution in [2.24, 2.45) is 0 Å². The Morgan fingerprint density at radius 1 is 1.06 bits per heavy atom. The van der Waals surface area contributed by atoms with Gasteiger partial charge in [0.25, 0.3) is 0 Å². The van der Waals surface area contributed by atoms with E-state index < -0.39 is 0 Å². The molecule has 2 heterocycles. The van der Waals surface area contributed by atoms with E-state index in [0.29, 0.717) is 11.3 Å². The molecule has 2 aromatic heterocycles. The Kier molecular flexibility index (Phi) is 9.31. The van der Waals surface area contributed by atoms with Crippen molar-refractivity contribution >= 4 is 16.9 Å². The minimum Gasteiger partial charge on any atom is -0.512 e. The maximum atomic E-state index is 13.2. The molecule has 0 saturated heterocycles. The number of carbonyl (C=O) groups is 1. The number of aryl methyl sites for hydroxylation is 1. The number of benzene rings is 2. The van der Waals surface area contributed by atoms with Crippen LogP contribution >= 0.6 is 0 Å². The molecule has 2 aromatic carbocycles. The number of rotatable bonds is 3. The van der Waals surface area contributed by atoms with E-state index in [9.17, 15) is 9.18 Å². The van der Waals surface area contributed by atoms with Gasteiger partial charge in [0, 0.05) is 37.8 Å². The average Bonchev–Trinajstić information content (AvgIpc) is 3.16. The summed E-state index contributed by atoms with van der Waals surface area (Å²) in [6.07, 6.45) is 1.17. The smallest absolute Gasteiger partial charge is 0.155 e. The van der Waals surface area contributed by atoms with E-state index in [1.807, 2.05) is 18.2 Å². The molecule has 0 bridgehead atoms. The van der Waals surface area contributed by atoms with Crippen LogP contribution in [0, 0.1) is 18.8 Å². The van der Waals surface area contributed by atoms with Gasteiger partial charge < -0.3 is 9.52 Å². The molecule has 0 aliphatic heterocycles. The molecule has 0 aliphatic carbocycles. The van der Waals surface area contributed by atoms with Crippen LogP contribution in [0.5, 0.6) is 0 Å². The zero-order valence-electron chi connectivity index (χ0n) is 20.7. The molecule has 0 amide bonds. The normalized spacial score (nSPS) is 11.5. The molecule has 0 atom stereocenters. The van der Waals surface area contributed by atoms with Crippen LogP contribution in [0.15, 0.2) is 70.8 Å².